The number of ether oxygens (including phenoxy) is 2. The van der Waals surface area contributed by atoms with Crippen molar-refractivity contribution in [3.63, 3.8) is 0 Å². The predicted octanol–water partition coefficient (Wildman–Crippen LogP) is -1.16. The van der Waals surface area contributed by atoms with E-state index in [0.717, 1.165) is 8.61 Å². The second-order valence-electron chi connectivity index (χ2n) is 3.54. The normalized spacial score (nSPS) is 12.3. The van der Waals surface area contributed by atoms with E-state index in [4.69, 9.17) is 14.6 Å². The highest BCUT2D eigenvalue weighted by atomic mass is 32.2. The molecule has 8 nitrogen and oxygen atoms in total. The molecule has 0 aliphatic heterocycles. The monoisotopic (exact) mass is 284 g/mol. The SMILES string of the molecule is COCCN(CCOC)S(=O)(=O)N(C)CC(=O)O. The fourth-order valence-corrected chi connectivity index (χ4v) is 2.48. The van der Waals surface area contributed by atoms with Gasteiger partial charge in [-0.3, -0.25) is 4.79 Å². The van der Waals surface area contributed by atoms with Gasteiger partial charge in [-0.15, -0.1) is 0 Å². The number of carboxylic acids is 1. The molecule has 0 atom stereocenters. The molecule has 0 aliphatic rings. The summed E-state index contributed by atoms with van der Waals surface area (Å²) in [7, 11) is 0.324. The van der Waals surface area contributed by atoms with Crippen LogP contribution in [0.2, 0.25) is 0 Å². The molecule has 0 heterocycles. The first kappa shape index (κ1) is 17.3. The van der Waals surface area contributed by atoms with Crippen molar-refractivity contribution in [3.8, 4) is 0 Å². The van der Waals surface area contributed by atoms with Crippen LogP contribution in [-0.2, 0) is 24.5 Å². The summed E-state index contributed by atoms with van der Waals surface area (Å²) in [6, 6.07) is 0. The van der Waals surface area contributed by atoms with Crippen molar-refractivity contribution >= 4 is 16.2 Å². The number of likely N-dealkylation sites (N-methyl/N-ethyl adjacent to an activating group) is 1. The zero-order chi connectivity index (χ0) is 14.2. The lowest BCUT2D eigenvalue weighted by Crippen LogP contribution is -2.46. The Morgan fingerprint density at radius 1 is 1.17 bits per heavy atom. The van der Waals surface area contributed by atoms with Crippen molar-refractivity contribution in [2.24, 2.45) is 0 Å². The van der Waals surface area contributed by atoms with Gasteiger partial charge in [0.1, 0.15) is 6.54 Å². The first-order chi connectivity index (χ1) is 8.36. The van der Waals surface area contributed by atoms with E-state index in [2.05, 4.69) is 0 Å². The highest BCUT2D eigenvalue weighted by molar-refractivity contribution is 7.86. The smallest absolute Gasteiger partial charge is 0.318 e. The maximum atomic E-state index is 12.1. The number of carboxylic acid groups (broad SMARTS) is 1. The molecule has 18 heavy (non-hydrogen) atoms. The average Bonchev–Trinajstić information content (AvgIpc) is 2.28. The van der Waals surface area contributed by atoms with Crippen LogP contribution >= 0.6 is 0 Å². The standard InChI is InChI=1S/C9H20N2O6S/c1-10(8-9(12)13)18(14,15)11(4-6-16-2)5-7-17-3/h4-8H2,1-3H3,(H,12,13). The molecular formula is C9H20N2O6S. The molecule has 0 aliphatic carbocycles. The Bertz CT molecular complexity index is 337. The van der Waals surface area contributed by atoms with E-state index >= 15 is 0 Å². The number of rotatable bonds is 10. The second-order valence-corrected chi connectivity index (χ2v) is 5.58. The molecule has 0 aromatic heterocycles. The Labute approximate surface area is 107 Å². The molecule has 0 aromatic rings. The van der Waals surface area contributed by atoms with Crippen LogP contribution in [0.3, 0.4) is 0 Å². The minimum atomic E-state index is -3.81. The Morgan fingerprint density at radius 3 is 1.94 bits per heavy atom. The minimum Gasteiger partial charge on any atom is -0.480 e. The van der Waals surface area contributed by atoms with Gasteiger partial charge in [-0.2, -0.15) is 17.0 Å². The van der Waals surface area contributed by atoms with Gasteiger partial charge in [-0.05, 0) is 0 Å². The van der Waals surface area contributed by atoms with Gasteiger partial charge in [0.25, 0.3) is 10.2 Å². The first-order valence-electron chi connectivity index (χ1n) is 5.27. The van der Waals surface area contributed by atoms with Crippen molar-refractivity contribution < 1.29 is 27.8 Å². The summed E-state index contributed by atoms with van der Waals surface area (Å²) in [6.07, 6.45) is 0. The summed E-state index contributed by atoms with van der Waals surface area (Å²) in [4.78, 5) is 10.5. The van der Waals surface area contributed by atoms with Gasteiger partial charge in [-0.1, -0.05) is 0 Å². The lowest BCUT2D eigenvalue weighted by atomic mass is 10.6. The fraction of sp³-hybridized carbons (Fsp3) is 0.889. The molecule has 0 amide bonds. The molecule has 0 bridgehead atoms. The number of nitrogens with zero attached hydrogens (tertiary/aromatic N) is 2. The van der Waals surface area contributed by atoms with E-state index in [0.29, 0.717) is 0 Å². The van der Waals surface area contributed by atoms with Gasteiger partial charge in [0.2, 0.25) is 0 Å². The topological polar surface area (TPSA) is 96.4 Å². The third kappa shape index (κ3) is 5.74. The maximum Gasteiger partial charge on any atom is 0.318 e. The Hall–Kier alpha value is -0.740. The van der Waals surface area contributed by atoms with Gasteiger partial charge in [-0.25, -0.2) is 0 Å². The number of carbonyl (C=O) groups is 1. The molecule has 0 spiro atoms. The van der Waals surface area contributed by atoms with Crippen LogP contribution in [0.1, 0.15) is 0 Å². The van der Waals surface area contributed by atoms with E-state index in [1.807, 2.05) is 0 Å². The van der Waals surface area contributed by atoms with Crippen LogP contribution in [0.25, 0.3) is 0 Å². The Kier molecular flexibility index (Phi) is 8.03. The number of methoxy groups -OCH3 is 2. The fourth-order valence-electron chi connectivity index (χ4n) is 1.20. The van der Waals surface area contributed by atoms with Crippen LogP contribution in [0.5, 0.6) is 0 Å². The third-order valence-corrected chi connectivity index (χ3v) is 4.10. The lowest BCUT2D eigenvalue weighted by molar-refractivity contribution is -0.137. The summed E-state index contributed by atoms with van der Waals surface area (Å²) >= 11 is 0. The molecule has 0 rings (SSSR count). The molecule has 0 fully saturated rings. The summed E-state index contributed by atoms with van der Waals surface area (Å²) < 4.78 is 35.7. The molecule has 0 saturated heterocycles. The largest absolute Gasteiger partial charge is 0.480 e. The molecule has 108 valence electrons. The highest BCUT2D eigenvalue weighted by Gasteiger charge is 2.27. The summed E-state index contributed by atoms with van der Waals surface area (Å²) in [5.41, 5.74) is 0. The first-order valence-corrected chi connectivity index (χ1v) is 6.67. The van der Waals surface area contributed by atoms with Crippen LogP contribution in [0.15, 0.2) is 0 Å². The maximum absolute atomic E-state index is 12.1. The summed E-state index contributed by atoms with van der Waals surface area (Å²) in [5, 5.41) is 8.61. The van der Waals surface area contributed by atoms with Gasteiger partial charge in [0.15, 0.2) is 0 Å². The van der Waals surface area contributed by atoms with Crippen LogP contribution in [0, 0.1) is 0 Å². The predicted molar refractivity (Wildman–Crippen MR) is 64.5 cm³/mol. The van der Waals surface area contributed by atoms with E-state index in [1.165, 1.54) is 21.3 Å². The molecule has 0 saturated carbocycles. The van der Waals surface area contributed by atoms with Crippen molar-refractivity contribution in [1.82, 2.24) is 8.61 Å². The van der Waals surface area contributed by atoms with E-state index in [1.54, 1.807) is 0 Å². The number of aliphatic carboxylic acids is 1. The van der Waals surface area contributed by atoms with Crippen molar-refractivity contribution in [2.45, 2.75) is 0 Å². The van der Waals surface area contributed by atoms with Crippen LogP contribution in [0.4, 0.5) is 0 Å². The Morgan fingerprint density at radius 2 is 1.61 bits per heavy atom. The Balaban J connectivity index is 4.76. The lowest BCUT2D eigenvalue weighted by Gasteiger charge is -2.26. The van der Waals surface area contributed by atoms with Gasteiger partial charge in [0, 0.05) is 34.4 Å². The van der Waals surface area contributed by atoms with Crippen LogP contribution in [-0.4, -0.2) is 82.2 Å². The van der Waals surface area contributed by atoms with E-state index in [9.17, 15) is 13.2 Å². The summed E-state index contributed by atoms with van der Waals surface area (Å²) in [5.74, 6) is -1.21. The molecule has 1 N–H and O–H groups in total. The van der Waals surface area contributed by atoms with Gasteiger partial charge >= 0.3 is 5.97 Å². The van der Waals surface area contributed by atoms with Gasteiger partial charge in [0.05, 0.1) is 13.2 Å². The molecule has 0 aromatic carbocycles. The number of hydrogen-bond donors (Lipinski definition) is 1. The van der Waals surface area contributed by atoms with Crippen molar-refractivity contribution in [1.29, 1.82) is 0 Å². The highest BCUT2D eigenvalue weighted by Crippen LogP contribution is 2.06. The molecular weight excluding hydrogens is 264 g/mol. The zero-order valence-corrected chi connectivity index (χ0v) is 11.6. The van der Waals surface area contributed by atoms with Crippen molar-refractivity contribution in [3.05, 3.63) is 0 Å². The quantitative estimate of drug-likeness (QED) is 0.544. The molecule has 9 heteroatoms. The zero-order valence-electron chi connectivity index (χ0n) is 10.8. The second kappa shape index (κ2) is 8.38. The minimum absolute atomic E-state index is 0.145. The molecule has 0 radical (unpaired) electrons. The molecule has 0 unspecified atom stereocenters. The average molecular weight is 284 g/mol. The summed E-state index contributed by atoms with van der Waals surface area (Å²) in [6.45, 7) is 0.158. The van der Waals surface area contributed by atoms with Crippen LogP contribution < -0.4 is 0 Å². The van der Waals surface area contributed by atoms with Crippen molar-refractivity contribution in [2.75, 3.05) is 54.1 Å². The third-order valence-electron chi connectivity index (χ3n) is 2.17. The number of hydrogen-bond acceptors (Lipinski definition) is 5. The van der Waals surface area contributed by atoms with E-state index in [-0.39, 0.29) is 26.3 Å². The van der Waals surface area contributed by atoms with Gasteiger partial charge < -0.3 is 14.6 Å². The van der Waals surface area contributed by atoms with E-state index < -0.39 is 22.7 Å².